The summed E-state index contributed by atoms with van der Waals surface area (Å²) < 4.78 is 19.2. The maximum absolute atomic E-state index is 13.1. The average Bonchev–Trinajstić information content (AvgIpc) is 2.75. The Kier molecular flexibility index (Phi) is 3.59. The summed E-state index contributed by atoms with van der Waals surface area (Å²) in [5.74, 6) is -0.474. The molecule has 0 unspecified atom stereocenters. The molecule has 0 aliphatic carbocycles. The molecule has 1 heterocycles. The van der Waals surface area contributed by atoms with Crippen LogP contribution in [0, 0.1) is 12.7 Å². The van der Waals surface area contributed by atoms with E-state index in [2.05, 4.69) is 15.9 Å². The van der Waals surface area contributed by atoms with Crippen LogP contribution in [-0.2, 0) is 0 Å². The fourth-order valence-electron chi connectivity index (χ4n) is 2.21. The molecule has 0 aliphatic heterocycles. The maximum atomic E-state index is 13.1. The third kappa shape index (κ3) is 2.49. The van der Waals surface area contributed by atoms with Crippen LogP contribution >= 0.6 is 27.5 Å². The standard InChI is InChI=1S/C16H9BrClFO2/c1-8-12-6-9(18)2-5-14(12)21-16(8)15(20)11-4-3-10(19)7-13(11)17/h2-7H,1H3. The van der Waals surface area contributed by atoms with E-state index < -0.39 is 5.82 Å². The van der Waals surface area contributed by atoms with Crippen molar-refractivity contribution in [3.8, 4) is 0 Å². The lowest BCUT2D eigenvalue weighted by Crippen LogP contribution is -2.03. The second-order valence-electron chi connectivity index (χ2n) is 4.65. The van der Waals surface area contributed by atoms with Gasteiger partial charge in [0.2, 0.25) is 5.78 Å². The Labute approximate surface area is 133 Å². The van der Waals surface area contributed by atoms with Gasteiger partial charge in [-0.1, -0.05) is 11.6 Å². The molecule has 0 saturated heterocycles. The molecule has 5 heteroatoms. The summed E-state index contributed by atoms with van der Waals surface area (Å²) in [5, 5.41) is 1.37. The summed E-state index contributed by atoms with van der Waals surface area (Å²) in [7, 11) is 0. The molecule has 0 radical (unpaired) electrons. The van der Waals surface area contributed by atoms with Crippen LogP contribution < -0.4 is 0 Å². The number of ketones is 1. The van der Waals surface area contributed by atoms with Crippen molar-refractivity contribution in [2.75, 3.05) is 0 Å². The highest BCUT2D eigenvalue weighted by atomic mass is 79.9. The van der Waals surface area contributed by atoms with Gasteiger partial charge in [-0.2, -0.15) is 0 Å². The second-order valence-corrected chi connectivity index (χ2v) is 5.94. The summed E-state index contributed by atoms with van der Waals surface area (Å²) in [4.78, 5) is 12.6. The molecule has 0 fully saturated rings. The zero-order chi connectivity index (χ0) is 15.1. The van der Waals surface area contributed by atoms with E-state index in [9.17, 15) is 9.18 Å². The van der Waals surface area contributed by atoms with Crippen LogP contribution in [0.1, 0.15) is 21.7 Å². The van der Waals surface area contributed by atoms with Gasteiger partial charge in [0, 0.05) is 26.0 Å². The molecule has 0 saturated carbocycles. The number of carbonyl (C=O) groups is 1. The number of hydrogen-bond acceptors (Lipinski definition) is 2. The van der Waals surface area contributed by atoms with E-state index in [1.165, 1.54) is 18.2 Å². The lowest BCUT2D eigenvalue weighted by molar-refractivity contribution is 0.101. The third-order valence-electron chi connectivity index (χ3n) is 3.28. The molecule has 0 atom stereocenters. The van der Waals surface area contributed by atoms with Crippen LogP contribution in [0.3, 0.4) is 0 Å². The fraction of sp³-hybridized carbons (Fsp3) is 0.0625. The van der Waals surface area contributed by atoms with Crippen molar-refractivity contribution in [2.45, 2.75) is 6.92 Å². The summed E-state index contributed by atoms with van der Waals surface area (Å²) in [5.41, 5.74) is 1.66. The first kappa shape index (κ1) is 14.3. The number of benzene rings is 2. The molecule has 0 bridgehead atoms. The Hall–Kier alpha value is -1.65. The van der Waals surface area contributed by atoms with Crippen LogP contribution in [0.15, 0.2) is 45.3 Å². The summed E-state index contributed by atoms with van der Waals surface area (Å²) in [6, 6.07) is 9.11. The molecule has 2 nitrogen and oxygen atoms in total. The number of hydrogen-bond donors (Lipinski definition) is 0. The highest BCUT2D eigenvalue weighted by Gasteiger charge is 2.21. The zero-order valence-electron chi connectivity index (χ0n) is 10.9. The largest absolute Gasteiger partial charge is 0.452 e. The van der Waals surface area contributed by atoms with Gasteiger partial charge in [-0.15, -0.1) is 0 Å². The monoisotopic (exact) mass is 366 g/mol. The highest BCUT2D eigenvalue weighted by molar-refractivity contribution is 9.10. The highest BCUT2D eigenvalue weighted by Crippen LogP contribution is 2.30. The normalized spacial score (nSPS) is 11.0. The van der Waals surface area contributed by atoms with E-state index in [0.717, 1.165) is 5.39 Å². The number of fused-ring (bicyclic) bond motifs is 1. The van der Waals surface area contributed by atoms with Gasteiger partial charge in [-0.3, -0.25) is 4.79 Å². The molecule has 21 heavy (non-hydrogen) atoms. The lowest BCUT2D eigenvalue weighted by atomic mass is 10.0. The summed E-state index contributed by atoms with van der Waals surface area (Å²) in [6.45, 7) is 1.80. The zero-order valence-corrected chi connectivity index (χ0v) is 13.3. The van der Waals surface area contributed by atoms with Crippen molar-refractivity contribution in [2.24, 2.45) is 0 Å². The Morgan fingerprint density at radius 3 is 2.71 bits per heavy atom. The van der Waals surface area contributed by atoms with Crippen molar-refractivity contribution >= 4 is 44.3 Å². The Morgan fingerprint density at radius 2 is 2.00 bits per heavy atom. The van der Waals surface area contributed by atoms with Gasteiger partial charge in [0.15, 0.2) is 5.76 Å². The van der Waals surface area contributed by atoms with Gasteiger partial charge in [-0.25, -0.2) is 4.39 Å². The van der Waals surface area contributed by atoms with E-state index in [1.807, 2.05) is 0 Å². The minimum absolute atomic E-state index is 0.236. The number of carbonyl (C=O) groups excluding carboxylic acids is 1. The minimum Gasteiger partial charge on any atom is -0.452 e. The second kappa shape index (κ2) is 5.28. The van der Waals surface area contributed by atoms with Crippen LogP contribution in [0.25, 0.3) is 11.0 Å². The van der Waals surface area contributed by atoms with Gasteiger partial charge in [-0.05, 0) is 59.3 Å². The number of furan rings is 1. The summed E-state index contributed by atoms with van der Waals surface area (Å²) >= 11 is 9.16. The van der Waals surface area contributed by atoms with E-state index >= 15 is 0 Å². The van der Waals surface area contributed by atoms with E-state index in [4.69, 9.17) is 16.0 Å². The molecule has 0 spiro atoms. The first-order chi connectivity index (χ1) is 9.97. The van der Waals surface area contributed by atoms with Crippen LogP contribution in [0.2, 0.25) is 5.02 Å². The molecule has 1 aromatic heterocycles. The lowest BCUT2D eigenvalue weighted by Gasteiger charge is -2.02. The van der Waals surface area contributed by atoms with Crippen LogP contribution in [0.4, 0.5) is 4.39 Å². The number of aryl methyl sites for hydroxylation is 1. The predicted molar refractivity (Wildman–Crippen MR) is 83.5 cm³/mol. The Balaban J connectivity index is 2.15. The molecule has 0 aliphatic rings. The van der Waals surface area contributed by atoms with Crippen molar-refractivity contribution < 1.29 is 13.6 Å². The third-order valence-corrected chi connectivity index (χ3v) is 4.17. The SMILES string of the molecule is Cc1c(C(=O)c2ccc(F)cc2Br)oc2ccc(Cl)cc12. The molecule has 106 valence electrons. The van der Waals surface area contributed by atoms with Crippen molar-refractivity contribution in [3.05, 3.63) is 68.6 Å². The quantitative estimate of drug-likeness (QED) is 0.558. The predicted octanol–water partition coefficient (Wildman–Crippen LogP) is 5.53. The Morgan fingerprint density at radius 1 is 1.24 bits per heavy atom. The Bertz CT molecular complexity index is 870. The number of halogens is 3. The molecular weight excluding hydrogens is 359 g/mol. The van der Waals surface area contributed by atoms with Gasteiger partial charge in [0.25, 0.3) is 0 Å². The average molecular weight is 368 g/mol. The smallest absolute Gasteiger partial charge is 0.229 e. The van der Waals surface area contributed by atoms with Crippen molar-refractivity contribution in [1.29, 1.82) is 0 Å². The minimum atomic E-state index is -0.411. The van der Waals surface area contributed by atoms with Gasteiger partial charge < -0.3 is 4.42 Å². The van der Waals surface area contributed by atoms with Crippen LogP contribution in [-0.4, -0.2) is 5.78 Å². The van der Waals surface area contributed by atoms with E-state index in [1.54, 1.807) is 25.1 Å². The topological polar surface area (TPSA) is 30.2 Å². The molecule has 2 aromatic carbocycles. The van der Waals surface area contributed by atoms with Crippen molar-refractivity contribution in [1.82, 2.24) is 0 Å². The first-order valence-electron chi connectivity index (χ1n) is 6.16. The fourth-order valence-corrected chi connectivity index (χ4v) is 2.91. The van der Waals surface area contributed by atoms with Crippen LogP contribution in [0.5, 0.6) is 0 Å². The maximum Gasteiger partial charge on any atom is 0.229 e. The molecule has 3 rings (SSSR count). The van der Waals surface area contributed by atoms with Gasteiger partial charge in [0.05, 0.1) is 0 Å². The molecule has 0 N–H and O–H groups in total. The molecule has 0 amide bonds. The van der Waals surface area contributed by atoms with Gasteiger partial charge in [0.1, 0.15) is 11.4 Å². The molecular formula is C16H9BrClFO2. The first-order valence-corrected chi connectivity index (χ1v) is 7.33. The van der Waals surface area contributed by atoms with Gasteiger partial charge >= 0.3 is 0 Å². The number of rotatable bonds is 2. The van der Waals surface area contributed by atoms with E-state index in [0.29, 0.717) is 26.2 Å². The summed E-state index contributed by atoms with van der Waals surface area (Å²) in [6.07, 6.45) is 0. The van der Waals surface area contributed by atoms with Crippen molar-refractivity contribution in [3.63, 3.8) is 0 Å². The molecule has 3 aromatic rings. The van der Waals surface area contributed by atoms with E-state index in [-0.39, 0.29) is 11.5 Å².